The van der Waals surface area contributed by atoms with Crippen LogP contribution in [0.4, 0.5) is 0 Å². The number of hydrogen-bond acceptors (Lipinski definition) is 5. The van der Waals surface area contributed by atoms with Gasteiger partial charge in [0.15, 0.2) is 11.5 Å². The smallest absolute Gasteiger partial charge is 0.231 e. The number of nitrogens with one attached hydrogen (secondary N) is 2. The van der Waals surface area contributed by atoms with Crippen molar-refractivity contribution >= 4 is 11.8 Å². The molecule has 7 nitrogen and oxygen atoms in total. The SMILES string of the molecule is CN(C)CCNC(=O)C1CCC(C(=O)NCc2ccc3c(c2)OCO3)CC1. The minimum absolute atomic E-state index is 0.00941. The van der Waals surface area contributed by atoms with Crippen LogP contribution in [0.25, 0.3) is 0 Å². The molecule has 148 valence electrons. The van der Waals surface area contributed by atoms with Crippen LogP contribution in [0.3, 0.4) is 0 Å². The van der Waals surface area contributed by atoms with Gasteiger partial charge in [0.1, 0.15) is 0 Å². The second-order valence-electron chi connectivity index (χ2n) is 7.55. The normalized spacial score (nSPS) is 21.1. The van der Waals surface area contributed by atoms with Gasteiger partial charge in [-0.3, -0.25) is 9.59 Å². The Kier molecular flexibility index (Phi) is 6.55. The molecule has 0 saturated heterocycles. The van der Waals surface area contributed by atoms with Gasteiger partial charge in [0.05, 0.1) is 0 Å². The van der Waals surface area contributed by atoms with Crippen molar-refractivity contribution in [1.29, 1.82) is 0 Å². The molecule has 1 aliphatic heterocycles. The van der Waals surface area contributed by atoms with Gasteiger partial charge >= 0.3 is 0 Å². The van der Waals surface area contributed by atoms with E-state index in [1.54, 1.807) is 0 Å². The Hall–Kier alpha value is -2.28. The second-order valence-corrected chi connectivity index (χ2v) is 7.55. The molecule has 3 rings (SSSR count). The molecule has 1 heterocycles. The number of amides is 2. The topological polar surface area (TPSA) is 79.9 Å². The molecular weight excluding hydrogens is 346 g/mol. The number of hydrogen-bond donors (Lipinski definition) is 2. The van der Waals surface area contributed by atoms with Gasteiger partial charge in [-0.2, -0.15) is 0 Å². The molecule has 2 aliphatic rings. The molecule has 1 aromatic rings. The summed E-state index contributed by atoms with van der Waals surface area (Å²) in [5.74, 6) is 1.68. The van der Waals surface area contributed by atoms with Gasteiger partial charge in [0.25, 0.3) is 0 Å². The molecule has 7 heteroatoms. The Balaban J connectivity index is 1.39. The average molecular weight is 375 g/mol. The van der Waals surface area contributed by atoms with Gasteiger partial charge in [-0.15, -0.1) is 0 Å². The van der Waals surface area contributed by atoms with Crippen LogP contribution in [0.1, 0.15) is 31.2 Å². The van der Waals surface area contributed by atoms with E-state index in [1.165, 1.54) is 0 Å². The van der Waals surface area contributed by atoms with Crippen molar-refractivity contribution in [3.05, 3.63) is 23.8 Å². The van der Waals surface area contributed by atoms with Crippen LogP contribution >= 0.6 is 0 Å². The number of carbonyl (C=O) groups excluding carboxylic acids is 2. The van der Waals surface area contributed by atoms with E-state index >= 15 is 0 Å². The number of ether oxygens (including phenoxy) is 2. The number of rotatable bonds is 7. The lowest BCUT2D eigenvalue weighted by atomic mass is 9.81. The number of nitrogens with zero attached hydrogens (tertiary/aromatic N) is 1. The molecule has 1 fully saturated rings. The van der Waals surface area contributed by atoms with E-state index < -0.39 is 0 Å². The zero-order chi connectivity index (χ0) is 19.2. The molecule has 2 N–H and O–H groups in total. The molecule has 0 atom stereocenters. The Morgan fingerprint density at radius 1 is 1.00 bits per heavy atom. The van der Waals surface area contributed by atoms with Crippen molar-refractivity contribution in [1.82, 2.24) is 15.5 Å². The highest BCUT2D eigenvalue weighted by Crippen LogP contribution is 2.33. The highest BCUT2D eigenvalue weighted by molar-refractivity contribution is 5.81. The van der Waals surface area contributed by atoms with Crippen molar-refractivity contribution in [3.8, 4) is 11.5 Å². The van der Waals surface area contributed by atoms with Gasteiger partial charge in [-0.25, -0.2) is 0 Å². The predicted molar refractivity (Wildman–Crippen MR) is 101 cm³/mol. The van der Waals surface area contributed by atoms with Crippen LogP contribution in [0.15, 0.2) is 18.2 Å². The van der Waals surface area contributed by atoms with E-state index in [0.29, 0.717) is 13.1 Å². The summed E-state index contributed by atoms with van der Waals surface area (Å²) in [6.45, 7) is 2.22. The summed E-state index contributed by atoms with van der Waals surface area (Å²) in [7, 11) is 3.97. The maximum absolute atomic E-state index is 12.5. The van der Waals surface area contributed by atoms with Crippen LogP contribution in [-0.2, 0) is 16.1 Å². The first kappa shape index (κ1) is 19.5. The quantitative estimate of drug-likeness (QED) is 0.755. The minimum atomic E-state index is -0.00941. The molecule has 0 aromatic heterocycles. The van der Waals surface area contributed by atoms with Gasteiger partial charge in [0, 0.05) is 31.5 Å². The first-order valence-corrected chi connectivity index (χ1v) is 9.61. The van der Waals surface area contributed by atoms with Crippen LogP contribution in [0.2, 0.25) is 0 Å². The van der Waals surface area contributed by atoms with Gasteiger partial charge < -0.3 is 25.0 Å². The van der Waals surface area contributed by atoms with E-state index in [-0.39, 0.29) is 30.4 Å². The highest BCUT2D eigenvalue weighted by atomic mass is 16.7. The molecule has 0 radical (unpaired) electrons. The molecule has 0 unspecified atom stereocenters. The van der Waals surface area contributed by atoms with E-state index in [4.69, 9.17) is 9.47 Å². The van der Waals surface area contributed by atoms with Crippen molar-refractivity contribution in [2.24, 2.45) is 11.8 Å². The number of carbonyl (C=O) groups is 2. The first-order chi connectivity index (χ1) is 13.0. The van der Waals surface area contributed by atoms with Crippen molar-refractivity contribution in [3.63, 3.8) is 0 Å². The Morgan fingerprint density at radius 2 is 1.63 bits per heavy atom. The molecule has 0 bridgehead atoms. The van der Waals surface area contributed by atoms with Crippen LogP contribution < -0.4 is 20.1 Å². The Morgan fingerprint density at radius 3 is 2.30 bits per heavy atom. The van der Waals surface area contributed by atoms with Crippen LogP contribution in [0.5, 0.6) is 11.5 Å². The lowest BCUT2D eigenvalue weighted by Gasteiger charge is -2.27. The minimum Gasteiger partial charge on any atom is -0.454 e. The Labute approximate surface area is 160 Å². The summed E-state index contributed by atoms with van der Waals surface area (Å²) in [5, 5.41) is 6.00. The summed E-state index contributed by atoms with van der Waals surface area (Å²) >= 11 is 0. The first-order valence-electron chi connectivity index (χ1n) is 9.61. The summed E-state index contributed by atoms with van der Waals surface area (Å²) in [5.41, 5.74) is 0.988. The molecule has 1 saturated carbocycles. The maximum atomic E-state index is 12.5. The van der Waals surface area contributed by atoms with E-state index in [1.807, 2.05) is 37.2 Å². The monoisotopic (exact) mass is 375 g/mol. The van der Waals surface area contributed by atoms with Crippen molar-refractivity contribution in [2.75, 3.05) is 34.0 Å². The van der Waals surface area contributed by atoms with Crippen LogP contribution in [-0.4, -0.2) is 50.7 Å². The fourth-order valence-corrected chi connectivity index (χ4v) is 3.55. The Bertz CT molecular complexity index is 669. The standard InChI is InChI=1S/C20H29N3O4/c1-23(2)10-9-21-19(24)15-4-6-16(7-5-15)20(25)22-12-14-3-8-17-18(11-14)27-13-26-17/h3,8,11,15-16H,4-7,9-10,12-13H2,1-2H3,(H,21,24)(H,22,25). The third-order valence-electron chi connectivity index (χ3n) is 5.23. The molecule has 1 aromatic carbocycles. The van der Waals surface area contributed by atoms with E-state index in [0.717, 1.165) is 49.3 Å². The van der Waals surface area contributed by atoms with Gasteiger partial charge in [-0.1, -0.05) is 6.07 Å². The fraction of sp³-hybridized carbons (Fsp3) is 0.600. The van der Waals surface area contributed by atoms with E-state index in [9.17, 15) is 9.59 Å². The van der Waals surface area contributed by atoms with Crippen molar-refractivity contribution in [2.45, 2.75) is 32.2 Å². The zero-order valence-corrected chi connectivity index (χ0v) is 16.1. The number of fused-ring (bicyclic) bond motifs is 1. The van der Waals surface area contributed by atoms with Crippen LogP contribution in [0, 0.1) is 11.8 Å². The van der Waals surface area contributed by atoms with Gasteiger partial charge in [0.2, 0.25) is 18.6 Å². The third-order valence-corrected chi connectivity index (χ3v) is 5.23. The largest absolute Gasteiger partial charge is 0.454 e. The molecule has 27 heavy (non-hydrogen) atoms. The van der Waals surface area contributed by atoms with E-state index in [2.05, 4.69) is 10.6 Å². The third kappa shape index (κ3) is 5.35. The summed E-state index contributed by atoms with van der Waals surface area (Å²) in [6, 6.07) is 5.70. The maximum Gasteiger partial charge on any atom is 0.231 e. The second kappa shape index (κ2) is 9.08. The molecule has 1 aliphatic carbocycles. The van der Waals surface area contributed by atoms with Gasteiger partial charge in [-0.05, 0) is 57.5 Å². The summed E-state index contributed by atoms with van der Waals surface area (Å²) in [6.07, 6.45) is 3.07. The molecule has 0 spiro atoms. The fourth-order valence-electron chi connectivity index (χ4n) is 3.55. The average Bonchev–Trinajstić information content (AvgIpc) is 3.13. The number of benzene rings is 1. The summed E-state index contributed by atoms with van der Waals surface area (Å²) < 4.78 is 10.7. The lowest BCUT2D eigenvalue weighted by molar-refractivity contribution is -0.130. The lowest BCUT2D eigenvalue weighted by Crippen LogP contribution is -2.39. The summed E-state index contributed by atoms with van der Waals surface area (Å²) in [4.78, 5) is 26.7. The zero-order valence-electron chi connectivity index (χ0n) is 16.1. The predicted octanol–water partition coefficient (Wildman–Crippen LogP) is 1.52. The molecular formula is C20H29N3O4. The number of likely N-dealkylation sites (N-methyl/N-ethyl adjacent to an activating group) is 1. The highest BCUT2D eigenvalue weighted by Gasteiger charge is 2.29. The van der Waals surface area contributed by atoms with Crippen molar-refractivity contribution < 1.29 is 19.1 Å². The molecule has 2 amide bonds.